The molecular formula is C42H46O4Si2. The van der Waals surface area contributed by atoms with Crippen LogP contribution in [0.5, 0.6) is 11.5 Å². The number of hydrogen-bond acceptors (Lipinski definition) is 4. The zero-order valence-electron chi connectivity index (χ0n) is 28.6. The van der Waals surface area contributed by atoms with Crippen LogP contribution in [-0.2, 0) is 9.47 Å². The van der Waals surface area contributed by atoms with E-state index in [-0.39, 0.29) is 13.6 Å². The van der Waals surface area contributed by atoms with Crippen LogP contribution in [-0.4, -0.2) is 42.9 Å². The fourth-order valence-electron chi connectivity index (χ4n) is 6.31. The van der Waals surface area contributed by atoms with E-state index in [0.29, 0.717) is 13.2 Å². The standard InChI is InChI=1S/C42H46O4Si2/c1-47(2,35-17-7-5-8-18-35)29-27-43-31-45-39-25-23-33-15-11-13-21-37(33)41(39)42-38-22-14-12-16-34(38)24-26-40(42)46-32-44-28-30-48(3,4)36-19-9-6-10-20-36/h5-26H,27-32H2,1-4H3. The van der Waals surface area contributed by atoms with Crippen LogP contribution >= 0.6 is 0 Å². The zero-order valence-corrected chi connectivity index (χ0v) is 30.6. The van der Waals surface area contributed by atoms with Crippen molar-refractivity contribution in [1.29, 1.82) is 0 Å². The fraction of sp³-hybridized carbons (Fsp3) is 0.238. The number of ether oxygens (including phenoxy) is 4. The second-order valence-corrected chi connectivity index (χ2v) is 23.4. The second kappa shape index (κ2) is 15.3. The molecule has 0 N–H and O–H groups in total. The van der Waals surface area contributed by atoms with E-state index in [2.05, 4.69) is 160 Å². The number of hydrogen-bond donors (Lipinski definition) is 0. The van der Waals surface area contributed by atoms with Crippen molar-refractivity contribution in [3.05, 3.63) is 133 Å². The molecule has 0 atom stereocenters. The molecule has 0 saturated heterocycles. The minimum absolute atomic E-state index is 0.176. The van der Waals surface area contributed by atoms with E-state index >= 15 is 0 Å². The lowest BCUT2D eigenvalue weighted by molar-refractivity contribution is 0.0212. The van der Waals surface area contributed by atoms with Crippen LogP contribution in [0, 0.1) is 0 Å². The average Bonchev–Trinajstić information content (AvgIpc) is 3.12. The first-order valence-corrected chi connectivity index (χ1v) is 23.3. The van der Waals surface area contributed by atoms with Crippen LogP contribution in [0.25, 0.3) is 32.7 Å². The van der Waals surface area contributed by atoms with E-state index in [4.69, 9.17) is 18.9 Å². The summed E-state index contributed by atoms with van der Waals surface area (Å²) in [5.74, 6) is 1.54. The van der Waals surface area contributed by atoms with E-state index in [0.717, 1.165) is 56.3 Å². The number of rotatable bonds is 15. The summed E-state index contributed by atoms with van der Waals surface area (Å²) in [7, 11) is -3.20. The largest absolute Gasteiger partial charge is 0.467 e. The number of fused-ring (bicyclic) bond motifs is 2. The molecule has 0 radical (unpaired) electrons. The highest BCUT2D eigenvalue weighted by Crippen LogP contribution is 2.45. The molecule has 0 unspecified atom stereocenters. The van der Waals surface area contributed by atoms with Gasteiger partial charge in [0.1, 0.15) is 11.5 Å². The summed E-state index contributed by atoms with van der Waals surface area (Å²) in [5, 5.41) is 7.37. The molecule has 0 heterocycles. The van der Waals surface area contributed by atoms with Crippen molar-refractivity contribution in [2.24, 2.45) is 0 Å². The van der Waals surface area contributed by atoms with Gasteiger partial charge in [0, 0.05) is 24.3 Å². The van der Waals surface area contributed by atoms with Gasteiger partial charge in [-0.2, -0.15) is 0 Å². The summed E-state index contributed by atoms with van der Waals surface area (Å²) >= 11 is 0. The molecule has 6 rings (SSSR count). The molecule has 4 nitrogen and oxygen atoms in total. The van der Waals surface area contributed by atoms with Gasteiger partial charge < -0.3 is 18.9 Å². The quantitative estimate of drug-likeness (QED) is 0.0620. The SMILES string of the molecule is C[Si](C)(CCOCOc1ccc2ccccc2c1-c1c(OCOCC[Si](C)(C)c2ccccc2)ccc2ccccc12)c1ccccc1. The molecule has 0 bridgehead atoms. The molecule has 6 aromatic rings. The molecule has 6 heteroatoms. The Kier molecular flexibility index (Phi) is 10.8. The Balaban J connectivity index is 1.22. The second-order valence-electron chi connectivity index (χ2n) is 13.7. The van der Waals surface area contributed by atoms with Gasteiger partial charge >= 0.3 is 0 Å². The van der Waals surface area contributed by atoms with Gasteiger partial charge in [-0.25, -0.2) is 0 Å². The smallest absolute Gasteiger partial charge is 0.189 e. The van der Waals surface area contributed by atoms with E-state index < -0.39 is 16.1 Å². The van der Waals surface area contributed by atoms with E-state index in [1.807, 2.05) is 0 Å². The van der Waals surface area contributed by atoms with Crippen molar-refractivity contribution in [2.45, 2.75) is 38.3 Å². The summed E-state index contributed by atoms with van der Waals surface area (Å²) < 4.78 is 25.2. The fourth-order valence-corrected chi connectivity index (χ4v) is 10.4. The van der Waals surface area contributed by atoms with Crippen molar-refractivity contribution in [1.82, 2.24) is 0 Å². The molecule has 0 amide bonds. The molecule has 246 valence electrons. The molecule has 6 aromatic carbocycles. The molecule has 0 aliphatic heterocycles. The molecule has 0 fully saturated rings. The molecule has 0 aliphatic rings. The molecule has 48 heavy (non-hydrogen) atoms. The predicted octanol–water partition coefficient (Wildman–Crippen LogP) is 9.60. The summed E-state index contributed by atoms with van der Waals surface area (Å²) in [6.07, 6.45) is 0. The Morgan fingerprint density at radius 1 is 0.417 bits per heavy atom. The highest BCUT2D eigenvalue weighted by Gasteiger charge is 2.24. The maximum absolute atomic E-state index is 6.46. The van der Waals surface area contributed by atoms with Gasteiger partial charge in [0.05, 0.1) is 16.1 Å². The zero-order chi connectivity index (χ0) is 33.4. The van der Waals surface area contributed by atoms with Crippen LogP contribution in [0.2, 0.25) is 38.3 Å². The van der Waals surface area contributed by atoms with Crippen molar-refractivity contribution in [2.75, 3.05) is 26.8 Å². The van der Waals surface area contributed by atoms with E-state index in [1.54, 1.807) is 0 Å². The van der Waals surface area contributed by atoms with E-state index in [9.17, 15) is 0 Å². The first kappa shape index (κ1) is 33.7. The van der Waals surface area contributed by atoms with Gasteiger partial charge in [-0.1, -0.05) is 158 Å². The van der Waals surface area contributed by atoms with Crippen LogP contribution in [0.3, 0.4) is 0 Å². The maximum Gasteiger partial charge on any atom is 0.189 e. The lowest BCUT2D eigenvalue weighted by Gasteiger charge is -2.23. The molecular weight excluding hydrogens is 625 g/mol. The first-order chi connectivity index (χ1) is 23.3. The van der Waals surface area contributed by atoms with Gasteiger partial charge in [-0.3, -0.25) is 0 Å². The van der Waals surface area contributed by atoms with Crippen molar-refractivity contribution >= 4 is 48.1 Å². The monoisotopic (exact) mass is 670 g/mol. The molecule has 0 aromatic heterocycles. The van der Waals surface area contributed by atoms with Crippen LogP contribution in [0.15, 0.2) is 133 Å². The highest BCUT2D eigenvalue weighted by molar-refractivity contribution is 6.90. The summed E-state index contributed by atoms with van der Waals surface area (Å²) in [6, 6.07) is 48.9. The summed E-state index contributed by atoms with van der Waals surface area (Å²) in [4.78, 5) is 0. The van der Waals surface area contributed by atoms with Gasteiger partial charge in [-0.05, 0) is 45.8 Å². The van der Waals surface area contributed by atoms with E-state index in [1.165, 1.54) is 10.4 Å². The summed E-state index contributed by atoms with van der Waals surface area (Å²) in [6.45, 7) is 11.2. The molecule has 0 aliphatic carbocycles. The Bertz CT molecular complexity index is 1800. The van der Waals surface area contributed by atoms with Crippen LogP contribution in [0.1, 0.15) is 0 Å². The third-order valence-electron chi connectivity index (χ3n) is 9.48. The van der Waals surface area contributed by atoms with Gasteiger partial charge in [0.25, 0.3) is 0 Å². The first-order valence-electron chi connectivity index (χ1n) is 16.9. The number of benzene rings is 6. The Morgan fingerprint density at radius 3 is 1.21 bits per heavy atom. The van der Waals surface area contributed by atoms with Crippen molar-refractivity contribution in [3.8, 4) is 22.6 Å². The normalized spacial score (nSPS) is 12.0. The van der Waals surface area contributed by atoms with Crippen LogP contribution < -0.4 is 19.8 Å². The Morgan fingerprint density at radius 2 is 0.792 bits per heavy atom. The lowest BCUT2D eigenvalue weighted by atomic mass is 9.92. The van der Waals surface area contributed by atoms with Crippen molar-refractivity contribution in [3.63, 3.8) is 0 Å². The highest BCUT2D eigenvalue weighted by atomic mass is 28.3. The summed E-state index contributed by atoms with van der Waals surface area (Å²) in [5.41, 5.74) is 2.00. The van der Waals surface area contributed by atoms with Crippen LogP contribution in [0.4, 0.5) is 0 Å². The minimum Gasteiger partial charge on any atom is -0.467 e. The molecule has 0 saturated carbocycles. The van der Waals surface area contributed by atoms with Crippen molar-refractivity contribution < 1.29 is 18.9 Å². The third-order valence-corrected chi connectivity index (χ3v) is 16.2. The maximum atomic E-state index is 6.46. The Labute approximate surface area is 287 Å². The Hall–Kier alpha value is -4.21. The van der Waals surface area contributed by atoms with Gasteiger partial charge in [-0.15, -0.1) is 0 Å². The third kappa shape index (κ3) is 7.91. The molecule has 0 spiro atoms. The topological polar surface area (TPSA) is 36.9 Å². The lowest BCUT2D eigenvalue weighted by Crippen LogP contribution is -2.42. The average molecular weight is 671 g/mol. The predicted molar refractivity (Wildman–Crippen MR) is 207 cm³/mol. The minimum atomic E-state index is -1.60. The van der Waals surface area contributed by atoms with Gasteiger partial charge in [0.15, 0.2) is 13.6 Å². The van der Waals surface area contributed by atoms with Gasteiger partial charge in [0.2, 0.25) is 0 Å².